The van der Waals surface area contributed by atoms with Crippen molar-refractivity contribution in [2.45, 2.75) is 45.2 Å². The van der Waals surface area contributed by atoms with Crippen LogP contribution in [0.15, 0.2) is 42.5 Å². The van der Waals surface area contributed by atoms with Gasteiger partial charge in [-0.25, -0.2) is 0 Å². The number of ketones is 1. The molecule has 0 amide bonds. The van der Waals surface area contributed by atoms with Crippen molar-refractivity contribution in [1.29, 1.82) is 0 Å². The summed E-state index contributed by atoms with van der Waals surface area (Å²) < 4.78 is 0. The Bertz CT molecular complexity index is 438. The molecule has 0 aromatic heterocycles. The first-order valence-corrected chi connectivity index (χ1v) is 7.12. The van der Waals surface area contributed by atoms with Gasteiger partial charge in [0.2, 0.25) is 0 Å². The first-order chi connectivity index (χ1) is 9.16. The lowest BCUT2D eigenvalue weighted by atomic mass is 10.00. The number of hydrogen-bond donors (Lipinski definition) is 0. The van der Waals surface area contributed by atoms with Crippen LogP contribution in [0, 0.1) is 0 Å². The number of rotatable bonds is 6. The van der Waals surface area contributed by atoms with E-state index in [2.05, 4.69) is 41.8 Å². The molecule has 1 saturated heterocycles. The highest BCUT2D eigenvalue weighted by Gasteiger charge is 2.26. The Morgan fingerprint density at radius 2 is 2.05 bits per heavy atom. The molecule has 0 aliphatic carbocycles. The fraction of sp³-hybridized carbons (Fsp3) is 0.471. The van der Waals surface area contributed by atoms with Crippen LogP contribution in [0.1, 0.15) is 38.2 Å². The fourth-order valence-corrected chi connectivity index (χ4v) is 2.80. The van der Waals surface area contributed by atoms with E-state index in [1.54, 1.807) is 6.92 Å². The minimum Gasteiger partial charge on any atom is -0.300 e. The molecule has 0 radical (unpaired) electrons. The van der Waals surface area contributed by atoms with Crippen LogP contribution in [0.5, 0.6) is 0 Å². The summed E-state index contributed by atoms with van der Waals surface area (Å²) in [6.45, 7) is 7.99. The number of nitrogens with zero attached hydrogens (tertiary/aromatic N) is 1. The Labute approximate surface area is 116 Å². The molecule has 102 valence electrons. The number of likely N-dealkylation sites (tertiary alicyclic amines) is 1. The Balaban J connectivity index is 1.93. The van der Waals surface area contributed by atoms with Crippen molar-refractivity contribution in [2.75, 3.05) is 6.54 Å². The third-order valence-corrected chi connectivity index (χ3v) is 3.86. The molecule has 1 atom stereocenters. The molecule has 2 rings (SSSR count). The summed E-state index contributed by atoms with van der Waals surface area (Å²) in [5.41, 5.74) is 2.58. The first-order valence-electron chi connectivity index (χ1n) is 7.12. The molecule has 1 fully saturated rings. The van der Waals surface area contributed by atoms with Gasteiger partial charge in [0, 0.05) is 19.0 Å². The average molecular weight is 257 g/mol. The maximum Gasteiger partial charge on any atom is 0.130 e. The monoisotopic (exact) mass is 257 g/mol. The highest BCUT2D eigenvalue weighted by Crippen LogP contribution is 2.27. The molecule has 1 heterocycles. The van der Waals surface area contributed by atoms with Crippen molar-refractivity contribution in [3.8, 4) is 0 Å². The normalized spacial score (nSPS) is 19.5. The molecule has 0 spiro atoms. The second-order valence-electron chi connectivity index (χ2n) is 5.47. The van der Waals surface area contributed by atoms with Gasteiger partial charge in [-0.05, 0) is 38.3 Å². The van der Waals surface area contributed by atoms with E-state index < -0.39 is 0 Å². The zero-order valence-electron chi connectivity index (χ0n) is 11.8. The number of carbonyl (C=O) groups excluding carboxylic acids is 1. The van der Waals surface area contributed by atoms with Gasteiger partial charge in [-0.2, -0.15) is 0 Å². The van der Waals surface area contributed by atoms with E-state index in [9.17, 15) is 4.79 Å². The molecule has 2 heteroatoms. The van der Waals surface area contributed by atoms with Crippen molar-refractivity contribution in [3.05, 3.63) is 48.0 Å². The SMILES string of the molecule is C=C(CCC(C)=O)C1CCCN1Cc1ccccc1. The average Bonchev–Trinajstić information content (AvgIpc) is 2.85. The van der Waals surface area contributed by atoms with E-state index in [-0.39, 0.29) is 5.78 Å². The second-order valence-corrected chi connectivity index (χ2v) is 5.47. The summed E-state index contributed by atoms with van der Waals surface area (Å²) in [5, 5.41) is 0. The largest absolute Gasteiger partial charge is 0.300 e. The van der Waals surface area contributed by atoms with Crippen molar-refractivity contribution < 1.29 is 4.79 Å². The van der Waals surface area contributed by atoms with Gasteiger partial charge >= 0.3 is 0 Å². The molecular weight excluding hydrogens is 234 g/mol. The smallest absolute Gasteiger partial charge is 0.130 e. The number of benzene rings is 1. The Morgan fingerprint density at radius 1 is 1.32 bits per heavy atom. The number of carbonyl (C=O) groups is 1. The molecule has 2 nitrogen and oxygen atoms in total. The van der Waals surface area contributed by atoms with Gasteiger partial charge < -0.3 is 4.79 Å². The lowest BCUT2D eigenvalue weighted by Crippen LogP contribution is -2.30. The van der Waals surface area contributed by atoms with Crippen LogP contribution in [0.25, 0.3) is 0 Å². The highest BCUT2D eigenvalue weighted by atomic mass is 16.1. The molecular formula is C17H23NO. The van der Waals surface area contributed by atoms with E-state index in [1.165, 1.54) is 24.0 Å². The van der Waals surface area contributed by atoms with Crippen LogP contribution in [0.3, 0.4) is 0 Å². The van der Waals surface area contributed by atoms with E-state index in [0.29, 0.717) is 12.5 Å². The second kappa shape index (κ2) is 6.67. The molecule has 0 N–H and O–H groups in total. The van der Waals surface area contributed by atoms with Gasteiger partial charge in [0.15, 0.2) is 0 Å². The Kier molecular flexibility index (Phi) is 4.92. The lowest BCUT2D eigenvalue weighted by molar-refractivity contribution is -0.117. The zero-order chi connectivity index (χ0) is 13.7. The summed E-state index contributed by atoms with van der Waals surface area (Å²) in [7, 11) is 0. The predicted octanol–water partition coefficient (Wildman–Crippen LogP) is 3.58. The highest BCUT2D eigenvalue weighted by molar-refractivity contribution is 5.75. The van der Waals surface area contributed by atoms with E-state index in [4.69, 9.17) is 0 Å². The maximum absolute atomic E-state index is 11.1. The summed E-state index contributed by atoms with van der Waals surface area (Å²) in [6.07, 6.45) is 3.89. The zero-order valence-corrected chi connectivity index (χ0v) is 11.8. The van der Waals surface area contributed by atoms with Crippen LogP contribution in [-0.2, 0) is 11.3 Å². The van der Waals surface area contributed by atoms with Crippen LogP contribution in [0.2, 0.25) is 0 Å². The summed E-state index contributed by atoms with van der Waals surface area (Å²) in [4.78, 5) is 13.6. The van der Waals surface area contributed by atoms with Crippen LogP contribution in [0.4, 0.5) is 0 Å². The molecule has 19 heavy (non-hydrogen) atoms. The quantitative estimate of drug-likeness (QED) is 0.726. The van der Waals surface area contributed by atoms with Crippen molar-refractivity contribution in [3.63, 3.8) is 0 Å². The van der Waals surface area contributed by atoms with E-state index in [0.717, 1.165) is 19.5 Å². The van der Waals surface area contributed by atoms with E-state index >= 15 is 0 Å². The topological polar surface area (TPSA) is 20.3 Å². The maximum atomic E-state index is 11.1. The molecule has 1 aliphatic rings. The van der Waals surface area contributed by atoms with Gasteiger partial charge in [-0.15, -0.1) is 0 Å². The lowest BCUT2D eigenvalue weighted by Gasteiger charge is -2.26. The van der Waals surface area contributed by atoms with Crippen LogP contribution < -0.4 is 0 Å². The molecule has 0 saturated carbocycles. The van der Waals surface area contributed by atoms with Gasteiger partial charge in [-0.3, -0.25) is 4.90 Å². The predicted molar refractivity (Wildman–Crippen MR) is 78.9 cm³/mol. The Hall–Kier alpha value is -1.41. The number of Topliss-reactive ketones (excluding diaryl/α,β-unsaturated/α-hetero) is 1. The fourth-order valence-electron chi connectivity index (χ4n) is 2.80. The molecule has 1 aliphatic heterocycles. The molecule has 1 unspecified atom stereocenters. The molecule has 1 aromatic carbocycles. The third-order valence-electron chi connectivity index (χ3n) is 3.86. The van der Waals surface area contributed by atoms with Crippen LogP contribution in [-0.4, -0.2) is 23.3 Å². The van der Waals surface area contributed by atoms with Crippen molar-refractivity contribution in [1.82, 2.24) is 4.90 Å². The van der Waals surface area contributed by atoms with Gasteiger partial charge in [0.1, 0.15) is 5.78 Å². The first kappa shape index (κ1) is 14.0. The van der Waals surface area contributed by atoms with Gasteiger partial charge in [0.05, 0.1) is 0 Å². The third kappa shape index (κ3) is 4.03. The number of hydrogen-bond acceptors (Lipinski definition) is 2. The van der Waals surface area contributed by atoms with E-state index in [1.807, 2.05) is 0 Å². The van der Waals surface area contributed by atoms with Gasteiger partial charge in [0.25, 0.3) is 0 Å². The van der Waals surface area contributed by atoms with Crippen molar-refractivity contribution >= 4 is 5.78 Å². The van der Waals surface area contributed by atoms with Gasteiger partial charge in [-0.1, -0.05) is 42.5 Å². The van der Waals surface area contributed by atoms with Crippen LogP contribution >= 0.6 is 0 Å². The minimum atomic E-state index is 0.258. The summed E-state index contributed by atoms with van der Waals surface area (Å²) in [6, 6.07) is 11.0. The van der Waals surface area contributed by atoms with Crippen molar-refractivity contribution in [2.24, 2.45) is 0 Å². The Morgan fingerprint density at radius 3 is 2.74 bits per heavy atom. The summed E-state index contributed by atoms with van der Waals surface area (Å²) in [5.74, 6) is 0.258. The molecule has 0 bridgehead atoms. The molecule has 1 aromatic rings. The standard InChI is InChI=1S/C17H23NO/c1-14(10-11-15(2)19)17-9-6-12-18(17)13-16-7-4-3-5-8-16/h3-5,7-8,17H,1,6,9-13H2,2H3. The minimum absolute atomic E-state index is 0.258. The summed E-state index contributed by atoms with van der Waals surface area (Å²) >= 11 is 0.